The molecule has 0 N–H and O–H groups in total. The minimum absolute atomic E-state index is 1.12. The summed E-state index contributed by atoms with van der Waals surface area (Å²) in [5, 5.41) is 6.32. The molecule has 0 nitrogen and oxygen atoms in total. The Hall–Kier alpha value is -0.610. The Bertz CT molecular complexity index is 347. The Kier molecular flexibility index (Phi) is 9.88. The second kappa shape index (κ2) is 10.2. The molecule has 21 heavy (non-hydrogen) atoms. The highest BCUT2D eigenvalue weighted by atomic mass is 31.2. The van der Waals surface area contributed by atoms with Gasteiger partial charge in [-0.3, -0.25) is 0 Å². The van der Waals surface area contributed by atoms with Crippen LogP contribution in [0.2, 0.25) is 0 Å². The fourth-order valence-electron chi connectivity index (χ4n) is 3.40. The second-order valence-electron chi connectivity index (χ2n) is 5.69. The van der Waals surface area contributed by atoms with Crippen LogP contribution in [0.1, 0.15) is 81.1 Å². The summed E-state index contributed by atoms with van der Waals surface area (Å²) in [6, 6.07) is 0. The lowest BCUT2D eigenvalue weighted by atomic mass is 10.4. The van der Waals surface area contributed by atoms with Crippen LogP contribution in [0.5, 0.6) is 0 Å². The molecule has 0 radical (unpaired) electrons. The predicted octanol–water partition coefficient (Wildman–Crippen LogP) is 8.26. The highest BCUT2D eigenvalue weighted by Gasteiger charge is 2.46. The van der Waals surface area contributed by atoms with E-state index in [1.807, 2.05) is 0 Å². The van der Waals surface area contributed by atoms with Gasteiger partial charge in [-0.2, -0.15) is 0 Å². The summed E-state index contributed by atoms with van der Waals surface area (Å²) in [7, 11) is -1.48. The minimum Gasteiger partial charge on any atom is -0.0617 e. The normalized spacial score (nSPS) is 17.9. The lowest BCUT2D eigenvalue weighted by Crippen LogP contribution is -2.01. The van der Waals surface area contributed by atoms with Crippen molar-refractivity contribution in [2.24, 2.45) is 0 Å². The Balaban J connectivity index is 6.50. The fourth-order valence-corrected chi connectivity index (χ4v) is 8.56. The zero-order chi connectivity index (χ0) is 16.5. The van der Waals surface area contributed by atoms with Gasteiger partial charge in [-0.15, -0.1) is 0 Å². The van der Waals surface area contributed by atoms with Crippen LogP contribution in [-0.4, -0.2) is 0 Å². The van der Waals surface area contributed by atoms with Crippen molar-refractivity contribution in [2.45, 2.75) is 81.1 Å². The molecule has 0 aromatic rings. The van der Waals surface area contributed by atoms with E-state index in [-0.39, 0.29) is 0 Å². The highest BCUT2D eigenvalue weighted by molar-refractivity contribution is 7.90. The average molecular weight is 307 g/mol. The van der Waals surface area contributed by atoms with E-state index in [9.17, 15) is 0 Å². The van der Waals surface area contributed by atoms with Crippen LogP contribution in [-0.2, 0) is 0 Å². The summed E-state index contributed by atoms with van der Waals surface area (Å²) >= 11 is 0. The number of hydrogen-bond acceptors (Lipinski definition) is 0. The van der Waals surface area contributed by atoms with Crippen molar-refractivity contribution in [2.75, 3.05) is 0 Å². The molecule has 0 atom stereocenters. The van der Waals surface area contributed by atoms with Crippen molar-refractivity contribution >= 4 is 7.26 Å². The molecule has 0 fully saturated rings. The number of allylic oxidation sites excluding steroid dienone is 8. The van der Waals surface area contributed by atoms with E-state index >= 15 is 0 Å². The van der Waals surface area contributed by atoms with E-state index < -0.39 is 7.26 Å². The van der Waals surface area contributed by atoms with Crippen molar-refractivity contribution in [3.05, 3.63) is 45.6 Å². The van der Waals surface area contributed by atoms with Gasteiger partial charge in [0.1, 0.15) is 7.26 Å². The zero-order valence-corrected chi connectivity index (χ0v) is 16.5. The van der Waals surface area contributed by atoms with Gasteiger partial charge in [0.25, 0.3) is 0 Å². The first-order valence-corrected chi connectivity index (χ1v) is 10.3. The maximum Gasteiger partial charge on any atom is 0.124 e. The van der Waals surface area contributed by atoms with Gasteiger partial charge >= 0.3 is 0 Å². The van der Waals surface area contributed by atoms with Crippen molar-refractivity contribution in [1.29, 1.82) is 0 Å². The van der Waals surface area contributed by atoms with Gasteiger partial charge in [-0.05, 0) is 77.7 Å². The van der Waals surface area contributed by atoms with Crippen LogP contribution < -0.4 is 0 Å². The van der Waals surface area contributed by atoms with Crippen LogP contribution in [0, 0.1) is 0 Å². The van der Waals surface area contributed by atoms with E-state index in [0.717, 1.165) is 25.7 Å². The molecule has 0 rings (SSSR count). The molecule has 0 bridgehead atoms. The first-order chi connectivity index (χ1) is 9.93. The average Bonchev–Trinajstić information content (AvgIpc) is 2.40. The van der Waals surface area contributed by atoms with Gasteiger partial charge in [0.05, 0.1) is 21.3 Å². The Morgan fingerprint density at radius 3 is 0.857 bits per heavy atom. The molecular weight excluding hydrogens is 271 g/mol. The summed E-state index contributed by atoms with van der Waals surface area (Å²) in [5.41, 5.74) is 0. The molecule has 0 heterocycles. The lowest BCUT2D eigenvalue weighted by Gasteiger charge is -2.30. The molecule has 0 aliphatic rings. The molecule has 1 heteroatoms. The molecule has 120 valence electrons. The van der Waals surface area contributed by atoms with E-state index in [1.165, 1.54) is 0 Å². The molecule has 0 aliphatic carbocycles. The van der Waals surface area contributed by atoms with Crippen molar-refractivity contribution in [1.82, 2.24) is 0 Å². The third-order valence-electron chi connectivity index (χ3n) is 4.11. The third-order valence-corrected chi connectivity index (χ3v) is 9.08. The quantitative estimate of drug-likeness (QED) is 0.396. The Labute approximate surface area is 134 Å². The second-order valence-corrected chi connectivity index (χ2v) is 9.85. The van der Waals surface area contributed by atoms with Crippen LogP contribution in [0.3, 0.4) is 0 Å². The van der Waals surface area contributed by atoms with Crippen LogP contribution in [0.15, 0.2) is 45.6 Å². The molecule has 0 unspecified atom stereocenters. The van der Waals surface area contributed by atoms with Gasteiger partial charge in [-0.25, -0.2) is 0 Å². The predicted molar refractivity (Wildman–Crippen MR) is 103 cm³/mol. The van der Waals surface area contributed by atoms with Gasteiger partial charge in [-0.1, -0.05) is 27.7 Å². The van der Waals surface area contributed by atoms with Crippen molar-refractivity contribution < 1.29 is 0 Å². The Morgan fingerprint density at radius 1 is 0.524 bits per heavy atom. The third kappa shape index (κ3) is 4.68. The van der Waals surface area contributed by atoms with E-state index in [4.69, 9.17) is 0 Å². The van der Waals surface area contributed by atoms with Crippen molar-refractivity contribution in [3.63, 3.8) is 0 Å². The molecule has 0 spiro atoms. The van der Waals surface area contributed by atoms with Gasteiger partial charge in [0.2, 0.25) is 0 Å². The summed E-state index contributed by atoms with van der Waals surface area (Å²) < 4.78 is 0. The molecule has 0 amide bonds. The molecule has 0 saturated heterocycles. The van der Waals surface area contributed by atoms with E-state index in [2.05, 4.69) is 79.7 Å². The zero-order valence-electron chi connectivity index (χ0n) is 15.6. The van der Waals surface area contributed by atoms with Gasteiger partial charge in [0.15, 0.2) is 0 Å². The lowest BCUT2D eigenvalue weighted by molar-refractivity contribution is 1.18. The summed E-state index contributed by atoms with van der Waals surface area (Å²) in [5.74, 6) is 0. The van der Waals surface area contributed by atoms with E-state index in [0.29, 0.717) is 0 Å². The van der Waals surface area contributed by atoms with Crippen LogP contribution in [0.25, 0.3) is 0 Å². The smallest absolute Gasteiger partial charge is 0.0617 e. The maximum atomic E-state index is 2.45. The minimum atomic E-state index is -1.48. The summed E-state index contributed by atoms with van der Waals surface area (Å²) in [4.78, 5) is 0. The molecular formula is C20H36P+. The van der Waals surface area contributed by atoms with Gasteiger partial charge < -0.3 is 0 Å². The van der Waals surface area contributed by atoms with Crippen LogP contribution >= 0.6 is 7.26 Å². The molecule has 0 aliphatic heterocycles. The SMILES string of the molecule is CCC=C(C)[P+](C(C)=CCC)(C(C)=CCC)C(C)=CCC. The molecule has 0 saturated carbocycles. The highest BCUT2D eigenvalue weighted by Crippen LogP contribution is 2.82. The first-order valence-electron chi connectivity index (χ1n) is 8.51. The van der Waals surface area contributed by atoms with Gasteiger partial charge in [0, 0.05) is 0 Å². The van der Waals surface area contributed by atoms with E-state index in [1.54, 1.807) is 21.3 Å². The Morgan fingerprint density at radius 2 is 0.714 bits per heavy atom. The standard InChI is InChI=1S/C20H36P/c1-9-13-17(5)21(18(6)14-10-2,19(7)15-11-3)20(8)16-12-4/h13-16H,9-12H2,1-8H3/q+1. The largest absolute Gasteiger partial charge is 0.124 e. The summed E-state index contributed by atoms with van der Waals surface area (Å²) in [6.07, 6.45) is 14.2. The van der Waals surface area contributed by atoms with Crippen molar-refractivity contribution in [3.8, 4) is 0 Å². The van der Waals surface area contributed by atoms with Crippen LogP contribution in [0.4, 0.5) is 0 Å². The number of hydrogen-bond donors (Lipinski definition) is 0. The number of rotatable bonds is 8. The maximum absolute atomic E-state index is 2.45. The molecule has 0 aromatic carbocycles. The fraction of sp³-hybridized carbons (Fsp3) is 0.600. The first kappa shape index (κ1) is 20.4. The molecule has 0 aromatic heterocycles. The monoisotopic (exact) mass is 307 g/mol. The topological polar surface area (TPSA) is 0 Å². The summed E-state index contributed by atoms with van der Waals surface area (Å²) in [6.45, 7) is 18.4.